The monoisotopic (exact) mass is 254 g/mol. The Labute approximate surface area is 113 Å². The van der Waals surface area contributed by atoms with Gasteiger partial charge in [-0.25, -0.2) is 4.98 Å². The molecular formula is C15H18N4. The average molecular weight is 254 g/mol. The van der Waals surface area contributed by atoms with Crippen LogP contribution in [0.25, 0.3) is 0 Å². The molecule has 0 spiro atoms. The van der Waals surface area contributed by atoms with E-state index in [2.05, 4.69) is 46.1 Å². The molecule has 2 aromatic rings. The summed E-state index contributed by atoms with van der Waals surface area (Å²) in [6.07, 6.45) is 4.03. The Morgan fingerprint density at radius 2 is 2.05 bits per heavy atom. The molecule has 4 heteroatoms. The Kier molecular flexibility index (Phi) is 3.15. The average Bonchev–Trinajstić information content (AvgIpc) is 2.82. The van der Waals surface area contributed by atoms with E-state index in [1.165, 1.54) is 11.1 Å². The van der Waals surface area contributed by atoms with Crippen molar-refractivity contribution < 1.29 is 0 Å². The van der Waals surface area contributed by atoms with E-state index in [1.54, 1.807) is 0 Å². The molecule has 1 aromatic carbocycles. The first-order chi connectivity index (χ1) is 9.28. The van der Waals surface area contributed by atoms with Gasteiger partial charge in [0.15, 0.2) is 0 Å². The van der Waals surface area contributed by atoms with Crippen LogP contribution in [0, 0.1) is 0 Å². The molecule has 0 radical (unpaired) electrons. The van der Waals surface area contributed by atoms with E-state index in [4.69, 9.17) is 5.73 Å². The number of nitrogen functional groups attached to an aromatic ring is 1. The lowest BCUT2D eigenvalue weighted by molar-refractivity contribution is 0.698. The van der Waals surface area contributed by atoms with Crippen LogP contribution >= 0.6 is 0 Å². The second kappa shape index (κ2) is 4.96. The molecule has 0 saturated heterocycles. The Hall–Kier alpha value is -1.97. The molecule has 1 aliphatic rings. The molecule has 1 atom stereocenters. The third-order valence-corrected chi connectivity index (χ3v) is 3.63. The maximum Gasteiger partial charge on any atom is 0.223 e. The molecule has 0 saturated carbocycles. The maximum atomic E-state index is 5.82. The molecule has 0 bridgehead atoms. The zero-order valence-electron chi connectivity index (χ0n) is 11.1. The summed E-state index contributed by atoms with van der Waals surface area (Å²) < 4.78 is 0. The second-order valence-electron chi connectivity index (χ2n) is 5.01. The van der Waals surface area contributed by atoms with E-state index in [-0.39, 0.29) is 5.92 Å². The number of nitrogens with zero attached hydrogens (tertiary/aromatic N) is 3. The molecule has 0 fully saturated rings. The number of benzene rings is 1. The number of hydrogen-bond donors (Lipinski definition) is 1. The first-order valence-electron chi connectivity index (χ1n) is 6.86. The van der Waals surface area contributed by atoms with Crippen molar-refractivity contribution in [3.63, 3.8) is 0 Å². The van der Waals surface area contributed by atoms with Crippen LogP contribution in [-0.2, 0) is 12.8 Å². The van der Waals surface area contributed by atoms with Crippen molar-refractivity contribution in [1.82, 2.24) is 15.0 Å². The zero-order valence-corrected chi connectivity index (χ0v) is 11.1. The van der Waals surface area contributed by atoms with Crippen LogP contribution in [-0.4, -0.2) is 15.0 Å². The van der Waals surface area contributed by atoms with Gasteiger partial charge in [0.05, 0.1) is 0 Å². The lowest BCUT2D eigenvalue weighted by atomic mass is 10.0. The van der Waals surface area contributed by atoms with Gasteiger partial charge in [-0.15, -0.1) is 0 Å². The summed E-state index contributed by atoms with van der Waals surface area (Å²) >= 11 is 0. The third-order valence-electron chi connectivity index (χ3n) is 3.63. The molecule has 1 unspecified atom stereocenters. The first-order valence-corrected chi connectivity index (χ1v) is 6.86. The summed E-state index contributed by atoms with van der Waals surface area (Å²) in [7, 11) is 0. The van der Waals surface area contributed by atoms with Crippen molar-refractivity contribution in [2.45, 2.75) is 38.5 Å². The van der Waals surface area contributed by atoms with Crippen LogP contribution in [0.3, 0.4) is 0 Å². The molecule has 0 aliphatic heterocycles. The summed E-state index contributed by atoms with van der Waals surface area (Å²) in [5.41, 5.74) is 8.56. The van der Waals surface area contributed by atoms with Crippen LogP contribution < -0.4 is 5.73 Å². The largest absolute Gasteiger partial charge is 0.368 e. The van der Waals surface area contributed by atoms with E-state index < -0.39 is 0 Å². The Balaban J connectivity index is 1.99. The highest BCUT2D eigenvalue weighted by molar-refractivity contribution is 5.39. The number of aryl methyl sites for hydroxylation is 2. The van der Waals surface area contributed by atoms with Gasteiger partial charge in [0.1, 0.15) is 11.6 Å². The molecule has 98 valence electrons. The standard InChI is InChI=1S/C15H18N4/c1-2-5-13-17-14(19-15(16)18-13)12-9-8-10-6-3-4-7-11(10)12/h3-4,6-7,12H,2,5,8-9H2,1H3,(H2,16,17,18,19). The van der Waals surface area contributed by atoms with Gasteiger partial charge in [0.2, 0.25) is 5.95 Å². The van der Waals surface area contributed by atoms with Gasteiger partial charge in [-0.05, 0) is 30.4 Å². The molecule has 2 N–H and O–H groups in total. The minimum Gasteiger partial charge on any atom is -0.368 e. The van der Waals surface area contributed by atoms with Crippen LogP contribution in [0.1, 0.15) is 48.5 Å². The van der Waals surface area contributed by atoms with Crippen molar-refractivity contribution in [3.8, 4) is 0 Å². The van der Waals surface area contributed by atoms with Crippen molar-refractivity contribution in [1.29, 1.82) is 0 Å². The molecule has 3 rings (SSSR count). The highest BCUT2D eigenvalue weighted by Gasteiger charge is 2.26. The molecule has 1 aromatic heterocycles. The predicted octanol–water partition coefficient (Wildman–Crippen LogP) is 2.48. The number of nitrogens with two attached hydrogens (primary N) is 1. The molecule has 19 heavy (non-hydrogen) atoms. The Morgan fingerprint density at radius 3 is 2.89 bits per heavy atom. The molecule has 1 aliphatic carbocycles. The summed E-state index contributed by atoms with van der Waals surface area (Å²) in [5, 5.41) is 0. The van der Waals surface area contributed by atoms with Crippen molar-refractivity contribution >= 4 is 5.95 Å². The quantitative estimate of drug-likeness (QED) is 0.914. The minimum absolute atomic E-state index is 0.275. The fourth-order valence-corrected chi connectivity index (χ4v) is 2.77. The van der Waals surface area contributed by atoms with Gasteiger partial charge in [0.25, 0.3) is 0 Å². The highest BCUT2D eigenvalue weighted by atomic mass is 15.1. The van der Waals surface area contributed by atoms with E-state index in [0.717, 1.165) is 37.3 Å². The third kappa shape index (κ3) is 2.30. The maximum absolute atomic E-state index is 5.82. The second-order valence-corrected chi connectivity index (χ2v) is 5.01. The van der Waals surface area contributed by atoms with Crippen LogP contribution in [0.2, 0.25) is 0 Å². The number of aromatic nitrogens is 3. The van der Waals surface area contributed by atoms with Crippen LogP contribution in [0.4, 0.5) is 5.95 Å². The molecule has 1 heterocycles. The minimum atomic E-state index is 0.275. The van der Waals surface area contributed by atoms with Gasteiger partial charge in [-0.3, -0.25) is 0 Å². The predicted molar refractivity (Wildman–Crippen MR) is 74.8 cm³/mol. The fourth-order valence-electron chi connectivity index (χ4n) is 2.77. The normalized spacial score (nSPS) is 17.4. The SMILES string of the molecule is CCCc1nc(N)nc(C2CCc3ccccc32)n1. The van der Waals surface area contributed by atoms with Gasteiger partial charge in [-0.2, -0.15) is 9.97 Å². The summed E-state index contributed by atoms with van der Waals surface area (Å²) in [5.74, 6) is 2.27. The smallest absolute Gasteiger partial charge is 0.223 e. The van der Waals surface area contributed by atoms with Crippen molar-refractivity contribution in [3.05, 3.63) is 47.0 Å². The summed E-state index contributed by atoms with van der Waals surface area (Å²) in [6, 6.07) is 8.53. The first kappa shape index (κ1) is 12.1. The highest BCUT2D eigenvalue weighted by Crippen LogP contribution is 2.36. The number of anilines is 1. The number of rotatable bonds is 3. The Bertz CT molecular complexity index is 594. The topological polar surface area (TPSA) is 64.7 Å². The molecule has 0 amide bonds. The van der Waals surface area contributed by atoms with E-state index in [1.807, 2.05) is 0 Å². The lowest BCUT2D eigenvalue weighted by Crippen LogP contribution is -2.10. The van der Waals surface area contributed by atoms with E-state index in [9.17, 15) is 0 Å². The fraction of sp³-hybridized carbons (Fsp3) is 0.400. The Morgan fingerprint density at radius 1 is 1.21 bits per heavy atom. The molecular weight excluding hydrogens is 236 g/mol. The van der Waals surface area contributed by atoms with E-state index in [0.29, 0.717) is 5.95 Å². The van der Waals surface area contributed by atoms with Crippen molar-refractivity contribution in [2.24, 2.45) is 0 Å². The number of fused-ring (bicyclic) bond motifs is 1. The number of hydrogen-bond acceptors (Lipinski definition) is 4. The van der Waals surface area contributed by atoms with Crippen LogP contribution in [0.5, 0.6) is 0 Å². The lowest BCUT2D eigenvalue weighted by Gasteiger charge is -2.11. The van der Waals surface area contributed by atoms with Gasteiger partial charge in [0, 0.05) is 12.3 Å². The van der Waals surface area contributed by atoms with Gasteiger partial charge < -0.3 is 5.73 Å². The van der Waals surface area contributed by atoms with Crippen LogP contribution in [0.15, 0.2) is 24.3 Å². The summed E-state index contributed by atoms with van der Waals surface area (Å²) in [4.78, 5) is 13.2. The van der Waals surface area contributed by atoms with E-state index >= 15 is 0 Å². The van der Waals surface area contributed by atoms with Gasteiger partial charge >= 0.3 is 0 Å². The molecule has 4 nitrogen and oxygen atoms in total. The zero-order chi connectivity index (χ0) is 13.2. The van der Waals surface area contributed by atoms with Gasteiger partial charge in [-0.1, -0.05) is 31.2 Å². The van der Waals surface area contributed by atoms with Crippen molar-refractivity contribution in [2.75, 3.05) is 5.73 Å². The summed E-state index contributed by atoms with van der Waals surface area (Å²) in [6.45, 7) is 2.12.